The maximum absolute atomic E-state index is 14.1. The van der Waals surface area contributed by atoms with Crippen molar-refractivity contribution in [3.8, 4) is 5.75 Å². The van der Waals surface area contributed by atoms with Crippen molar-refractivity contribution in [2.75, 3.05) is 7.11 Å². The molecule has 1 aliphatic rings. The summed E-state index contributed by atoms with van der Waals surface area (Å²) in [6, 6.07) is 3.24. The van der Waals surface area contributed by atoms with Crippen LogP contribution in [0, 0.1) is 12.7 Å². The van der Waals surface area contributed by atoms with Crippen LogP contribution >= 0.6 is 0 Å². The summed E-state index contributed by atoms with van der Waals surface area (Å²) in [7, 11) is 1.58. The Kier molecular flexibility index (Phi) is 3.38. The van der Waals surface area contributed by atoms with Gasteiger partial charge in [0.15, 0.2) is 0 Å². The third kappa shape index (κ3) is 2.16. The first-order valence-corrected chi connectivity index (χ1v) is 6.21. The highest BCUT2D eigenvalue weighted by atomic mass is 19.1. The largest absolute Gasteiger partial charge is 0.496 e. The molecule has 0 bridgehead atoms. The van der Waals surface area contributed by atoms with Crippen molar-refractivity contribution in [1.29, 1.82) is 0 Å². The molecule has 0 aromatic heterocycles. The average molecular weight is 237 g/mol. The zero-order valence-corrected chi connectivity index (χ0v) is 10.6. The lowest BCUT2D eigenvalue weighted by Gasteiger charge is -2.35. The smallest absolute Gasteiger partial charge is 0.131 e. The van der Waals surface area contributed by atoms with Crippen molar-refractivity contribution in [1.82, 2.24) is 0 Å². The second-order valence-electron chi connectivity index (χ2n) is 4.99. The van der Waals surface area contributed by atoms with E-state index in [0.29, 0.717) is 11.3 Å². The minimum absolute atomic E-state index is 0.239. The molecular weight excluding hydrogens is 217 g/mol. The minimum Gasteiger partial charge on any atom is -0.496 e. The van der Waals surface area contributed by atoms with Gasteiger partial charge in [-0.1, -0.05) is 25.3 Å². The van der Waals surface area contributed by atoms with Crippen LogP contribution in [0.4, 0.5) is 4.39 Å². The molecule has 2 N–H and O–H groups in total. The fourth-order valence-corrected chi connectivity index (χ4v) is 2.82. The quantitative estimate of drug-likeness (QED) is 0.856. The van der Waals surface area contributed by atoms with Gasteiger partial charge in [-0.2, -0.15) is 0 Å². The first-order valence-electron chi connectivity index (χ1n) is 6.21. The van der Waals surface area contributed by atoms with Crippen molar-refractivity contribution < 1.29 is 9.13 Å². The van der Waals surface area contributed by atoms with E-state index >= 15 is 0 Å². The predicted octanol–water partition coefficient (Wildman–Crippen LogP) is 3.26. The van der Waals surface area contributed by atoms with Crippen LogP contribution in [0.15, 0.2) is 12.1 Å². The highest BCUT2D eigenvalue weighted by Gasteiger charge is 2.35. The Morgan fingerprint density at radius 3 is 2.47 bits per heavy atom. The molecule has 1 aromatic carbocycles. The Morgan fingerprint density at radius 1 is 1.24 bits per heavy atom. The number of halogens is 1. The minimum atomic E-state index is -0.556. The van der Waals surface area contributed by atoms with Gasteiger partial charge in [0, 0.05) is 11.1 Å². The maximum atomic E-state index is 14.1. The molecule has 0 atom stereocenters. The molecule has 0 amide bonds. The molecule has 0 unspecified atom stereocenters. The number of methoxy groups -OCH3 is 1. The molecule has 0 saturated heterocycles. The van der Waals surface area contributed by atoms with E-state index in [1.54, 1.807) is 13.2 Å². The van der Waals surface area contributed by atoms with Crippen molar-refractivity contribution >= 4 is 0 Å². The summed E-state index contributed by atoms with van der Waals surface area (Å²) in [5.41, 5.74) is 7.36. The van der Waals surface area contributed by atoms with Crippen LogP contribution in [0.2, 0.25) is 0 Å². The molecule has 1 aliphatic carbocycles. The highest BCUT2D eigenvalue weighted by Crippen LogP contribution is 2.41. The normalized spacial score (nSPS) is 19.1. The van der Waals surface area contributed by atoms with Gasteiger partial charge in [0.05, 0.1) is 7.11 Å². The molecule has 1 aromatic rings. The van der Waals surface area contributed by atoms with Crippen LogP contribution in [0.3, 0.4) is 0 Å². The Morgan fingerprint density at radius 2 is 1.88 bits per heavy atom. The molecule has 0 radical (unpaired) electrons. The molecule has 2 nitrogen and oxygen atoms in total. The maximum Gasteiger partial charge on any atom is 0.131 e. The van der Waals surface area contributed by atoms with E-state index in [4.69, 9.17) is 10.5 Å². The second-order valence-corrected chi connectivity index (χ2v) is 4.99. The van der Waals surface area contributed by atoms with Gasteiger partial charge >= 0.3 is 0 Å². The van der Waals surface area contributed by atoms with E-state index in [9.17, 15) is 4.39 Å². The number of rotatable bonds is 2. The summed E-state index contributed by atoms with van der Waals surface area (Å²) >= 11 is 0. The summed E-state index contributed by atoms with van der Waals surface area (Å²) in [5, 5.41) is 0. The predicted molar refractivity (Wildman–Crippen MR) is 66.6 cm³/mol. The molecular formula is C14H20FNO. The first-order chi connectivity index (χ1) is 8.08. The van der Waals surface area contributed by atoms with Crippen LogP contribution in [0.1, 0.15) is 43.2 Å². The van der Waals surface area contributed by atoms with Crippen molar-refractivity contribution in [2.45, 2.75) is 44.6 Å². The fourth-order valence-electron chi connectivity index (χ4n) is 2.82. The average Bonchev–Trinajstić information content (AvgIpc) is 2.32. The van der Waals surface area contributed by atoms with E-state index in [1.165, 1.54) is 12.5 Å². The van der Waals surface area contributed by atoms with E-state index < -0.39 is 5.54 Å². The Labute approximate surface area is 102 Å². The molecule has 17 heavy (non-hydrogen) atoms. The summed E-state index contributed by atoms with van der Waals surface area (Å²) in [6.45, 7) is 1.92. The van der Waals surface area contributed by atoms with Crippen LogP contribution in [-0.4, -0.2) is 7.11 Å². The summed E-state index contributed by atoms with van der Waals surface area (Å²) < 4.78 is 19.4. The fraction of sp³-hybridized carbons (Fsp3) is 0.571. The molecule has 0 spiro atoms. The van der Waals surface area contributed by atoms with Gasteiger partial charge in [-0.05, 0) is 31.4 Å². The zero-order valence-electron chi connectivity index (χ0n) is 10.6. The lowest BCUT2D eigenvalue weighted by molar-refractivity contribution is 0.278. The van der Waals surface area contributed by atoms with E-state index in [-0.39, 0.29) is 5.82 Å². The van der Waals surface area contributed by atoms with E-state index in [0.717, 1.165) is 31.2 Å². The standard InChI is InChI=1S/C14H20FNO/c1-10-6-7-11(15)12(13(10)17-2)14(16)8-4-3-5-9-14/h6-7H,3-5,8-9,16H2,1-2H3. The summed E-state index contributed by atoms with van der Waals surface area (Å²) in [6.07, 6.45) is 4.99. The van der Waals surface area contributed by atoms with Gasteiger partial charge in [0.25, 0.3) is 0 Å². The number of aryl methyl sites for hydroxylation is 1. The SMILES string of the molecule is COc1c(C)ccc(F)c1C1(N)CCCCC1. The van der Waals surface area contributed by atoms with Gasteiger partial charge < -0.3 is 10.5 Å². The van der Waals surface area contributed by atoms with Gasteiger partial charge in [-0.3, -0.25) is 0 Å². The first kappa shape index (κ1) is 12.4. The van der Waals surface area contributed by atoms with E-state index in [2.05, 4.69) is 0 Å². The molecule has 1 saturated carbocycles. The molecule has 1 fully saturated rings. The Hall–Kier alpha value is -1.09. The van der Waals surface area contributed by atoms with Crippen LogP contribution in [-0.2, 0) is 5.54 Å². The molecule has 0 heterocycles. The lowest BCUT2D eigenvalue weighted by Crippen LogP contribution is -2.40. The molecule has 0 aliphatic heterocycles. The highest BCUT2D eigenvalue weighted by molar-refractivity contribution is 5.46. The Bertz CT molecular complexity index is 411. The topological polar surface area (TPSA) is 35.2 Å². The number of nitrogens with two attached hydrogens (primary N) is 1. The monoisotopic (exact) mass is 237 g/mol. The zero-order chi connectivity index (χ0) is 12.5. The van der Waals surface area contributed by atoms with Gasteiger partial charge in [-0.15, -0.1) is 0 Å². The third-order valence-corrected chi connectivity index (χ3v) is 3.75. The molecule has 3 heteroatoms. The molecule has 2 rings (SSSR count). The summed E-state index contributed by atoms with van der Waals surface area (Å²) in [4.78, 5) is 0. The van der Waals surface area contributed by atoms with Crippen molar-refractivity contribution in [2.24, 2.45) is 5.73 Å². The van der Waals surface area contributed by atoms with Crippen molar-refractivity contribution in [3.05, 3.63) is 29.1 Å². The number of ether oxygens (including phenoxy) is 1. The lowest BCUT2D eigenvalue weighted by atomic mass is 9.76. The van der Waals surface area contributed by atoms with Gasteiger partial charge in [-0.25, -0.2) is 4.39 Å². The number of benzene rings is 1. The van der Waals surface area contributed by atoms with Crippen LogP contribution < -0.4 is 10.5 Å². The van der Waals surface area contributed by atoms with Gasteiger partial charge in [0.1, 0.15) is 11.6 Å². The van der Waals surface area contributed by atoms with Crippen LogP contribution in [0.5, 0.6) is 5.75 Å². The summed E-state index contributed by atoms with van der Waals surface area (Å²) in [5.74, 6) is 0.381. The second kappa shape index (κ2) is 4.65. The molecule has 94 valence electrons. The third-order valence-electron chi connectivity index (χ3n) is 3.75. The van der Waals surface area contributed by atoms with Gasteiger partial charge in [0.2, 0.25) is 0 Å². The number of hydrogen-bond donors (Lipinski definition) is 1. The Balaban J connectivity index is 2.52. The van der Waals surface area contributed by atoms with Crippen LogP contribution in [0.25, 0.3) is 0 Å². The van der Waals surface area contributed by atoms with Crippen molar-refractivity contribution in [3.63, 3.8) is 0 Å². The van der Waals surface area contributed by atoms with E-state index in [1.807, 2.05) is 6.92 Å². The number of hydrogen-bond acceptors (Lipinski definition) is 2.